The first kappa shape index (κ1) is 36.0. The number of nitrogens with two attached hydrogens (primary N) is 2. The summed E-state index contributed by atoms with van der Waals surface area (Å²) in [6, 6.07) is 8.13. The first-order chi connectivity index (χ1) is 23.9. The first-order valence-electron chi connectivity index (χ1n) is 14.5. The summed E-state index contributed by atoms with van der Waals surface area (Å²) < 4.78 is 18.5. The van der Waals surface area contributed by atoms with Crippen molar-refractivity contribution in [2.24, 2.45) is 16.8 Å². The molecule has 1 amide bonds. The molecule has 0 unspecified atom stereocenters. The van der Waals surface area contributed by atoms with Crippen LogP contribution in [0.5, 0.6) is 0 Å². The van der Waals surface area contributed by atoms with E-state index in [1.54, 1.807) is 22.9 Å². The van der Waals surface area contributed by atoms with Crippen LogP contribution in [0.1, 0.15) is 23.2 Å². The van der Waals surface area contributed by atoms with E-state index in [0.29, 0.717) is 16.7 Å². The van der Waals surface area contributed by atoms with E-state index in [9.17, 15) is 23.9 Å². The Labute approximate surface area is 296 Å². The fourth-order valence-corrected chi connectivity index (χ4v) is 8.01. The van der Waals surface area contributed by atoms with Crippen molar-refractivity contribution in [3.05, 3.63) is 87.2 Å². The minimum absolute atomic E-state index is 0.0540. The van der Waals surface area contributed by atoms with Gasteiger partial charge in [0.15, 0.2) is 35.6 Å². The highest BCUT2D eigenvalue weighted by molar-refractivity contribution is 8.00. The van der Waals surface area contributed by atoms with Crippen molar-refractivity contribution in [2.75, 3.05) is 18.6 Å². The summed E-state index contributed by atoms with van der Waals surface area (Å²) in [6.45, 7) is 0.174. The molecule has 2 aliphatic rings. The van der Waals surface area contributed by atoms with E-state index in [0.717, 1.165) is 22.2 Å². The molecule has 3 aromatic heterocycles. The number of carboxylic acids is 1. The van der Waals surface area contributed by atoms with E-state index in [1.807, 2.05) is 29.1 Å². The van der Waals surface area contributed by atoms with Crippen LogP contribution in [-0.4, -0.2) is 73.5 Å². The average molecular weight is 743 g/mol. The van der Waals surface area contributed by atoms with Gasteiger partial charge in [-0.1, -0.05) is 40.2 Å². The Morgan fingerprint density at radius 1 is 1.34 bits per heavy atom. The number of rotatable bonds is 11. The lowest BCUT2D eigenvalue weighted by Gasteiger charge is -2.50. The quantitative estimate of drug-likeness (QED) is 0.0427. The van der Waals surface area contributed by atoms with E-state index in [-0.39, 0.29) is 64.1 Å². The number of aliphatic carboxylic acids is 1. The van der Waals surface area contributed by atoms with Crippen LogP contribution >= 0.6 is 34.7 Å². The first-order valence-corrected chi connectivity index (χ1v) is 16.8. The van der Waals surface area contributed by atoms with Crippen LogP contribution in [0.4, 0.5) is 9.52 Å². The van der Waals surface area contributed by atoms with Crippen LogP contribution in [-0.2, 0) is 37.1 Å². The number of oxime groups is 1. The summed E-state index contributed by atoms with van der Waals surface area (Å²) in [5.41, 5.74) is 12.9. The highest BCUT2D eigenvalue weighted by atomic mass is 35.5. The number of hydrogen-bond donors (Lipinski definition) is 4. The van der Waals surface area contributed by atoms with Gasteiger partial charge < -0.3 is 35.9 Å². The fourth-order valence-electron chi connectivity index (χ4n) is 5.68. The van der Waals surface area contributed by atoms with E-state index in [4.69, 9.17) is 43.2 Å². The highest BCUT2D eigenvalue weighted by Gasteiger charge is 2.53. The molecule has 2 aliphatic heterocycles. The second kappa shape index (κ2) is 15.1. The minimum Gasteiger partial charge on any atom is -0.543 e. The zero-order valence-electron chi connectivity index (χ0n) is 26.0. The van der Waals surface area contributed by atoms with Gasteiger partial charge in [0.1, 0.15) is 28.8 Å². The Morgan fingerprint density at radius 3 is 2.70 bits per heavy atom. The van der Waals surface area contributed by atoms with Crippen LogP contribution in [0.15, 0.2) is 65.3 Å². The Kier molecular flexibility index (Phi) is 10.8. The summed E-state index contributed by atoms with van der Waals surface area (Å²) in [5.74, 6) is -3.74. The SMILES string of the molecule is CO/N=C(\C(=O)C[C@@H]1C(=O)N2C(C(=O)[O-])=C(C[n+]3ccc4c(ccn4Cc4ccc(C(=N)N)cc4F)c3)CS[C@H]12)c1nc(N)sc1Cl.O=CO. The number of Topliss-reactive ketones (excluding diaryl/α,β-unsaturated/α-hetero) is 1. The number of anilines is 1. The molecular weight excluding hydrogens is 715 g/mol. The number of hydrogen-bond acceptors (Lipinski definition) is 12. The summed E-state index contributed by atoms with van der Waals surface area (Å²) in [7, 11) is 1.26. The van der Waals surface area contributed by atoms with Gasteiger partial charge >= 0.3 is 0 Å². The average Bonchev–Trinajstić information content (AvgIpc) is 3.63. The summed E-state index contributed by atoms with van der Waals surface area (Å²) in [6.07, 6.45) is 5.17. The summed E-state index contributed by atoms with van der Waals surface area (Å²) in [4.78, 5) is 57.2. The second-order valence-electron chi connectivity index (χ2n) is 10.9. The van der Waals surface area contributed by atoms with Gasteiger partial charge in [-0.05, 0) is 12.1 Å². The lowest BCUT2D eigenvalue weighted by atomic mass is 9.89. The largest absolute Gasteiger partial charge is 0.543 e. The second-order valence-corrected chi connectivity index (χ2v) is 13.6. The molecule has 1 saturated heterocycles. The molecule has 15 nitrogen and oxygen atoms in total. The van der Waals surface area contributed by atoms with E-state index in [2.05, 4.69) is 10.1 Å². The molecule has 50 heavy (non-hydrogen) atoms. The number of benzene rings is 1. The molecule has 2 atom stereocenters. The fraction of sp³-hybridized carbons (Fsp3) is 0.226. The van der Waals surface area contributed by atoms with Gasteiger partial charge in [0, 0.05) is 41.1 Å². The number of amides is 1. The van der Waals surface area contributed by atoms with Crippen LogP contribution in [0.3, 0.4) is 0 Å². The standard InChI is InChI=1S/C30H26ClFN8O5S2.CH2O2/c1-45-37-22(23-25(31)47-30(35)36-23)21(41)9-18-27(42)40-24(29(43)44)17(13-46-28(18)40)11-38-6-5-20-16(10-38)4-7-39(20)12-15-3-2-14(26(33)34)8-19(15)32;2-1-3/h2-8,10,18,28H,9,11-13H2,1H3,(H5-,33,34,35,36,43,44);1H,(H,2,3)/b37-22+;/t18-,28-;/m1./s1. The lowest BCUT2D eigenvalue weighted by molar-refractivity contribution is -0.687. The Bertz CT molecular complexity index is 2100. The molecule has 0 aliphatic carbocycles. The number of β-lactam (4-membered cyclic amide) rings is 1. The van der Waals surface area contributed by atoms with Crippen molar-refractivity contribution < 1.29 is 43.2 Å². The monoisotopic (exact) mass is 742 g/mol. The molecule has 1 aromatic carbocycles. The molecule has 0 saturated carbocycles. The predicted molar refractivity (Wildman–Crippen MR) is 181 cm³/mol. The topological polar surface area (TPSA) is 234 Å². The molecule has 0 bridgehead atoms. The van der Waals surface area contributed by atoms with Gasteiger partial charge in [-0.3, -0.25) is 24.7 Å². The number of carbonyl (C=O) groups is 4. The van der Waals surface area contributed by atoms with Crippen molar-refractivity contribution in [1.82, 2.24) is 14.5 Å². The van der Waals surface area contributed by atoms with E-state index in [1.165, 1.54) is 29.8 Å². The van der Waals surface area contributed by atoms with Crippen molar-refractivity contribution in [2.45, 2.75) is 24.9 Å². The maximum Gasteiger partial charge on any atom is 0.290 e. The van der Waals surface area contributed by atoms with Crippen molar-refractivity contribution in [3.8, 4) is 0 Å². The molecule has 1 fully saturated rings. The number of nitrogen functional groups attached to an aromatic ring is 2. The molecule has 5 heterocycles. The predicted octanol–water partition coefficient (Wildman–Crippen LogP) is 1.34. The summed E-state index contributed by atoms with van der Waals surface area (Å²) in [5, 5.41) is 30.9. The zero-order valence-corrected chi connectivity index (χ0v) is 28.4. The lowest BCUT2D eigenvalue weighted by Crippen LogP contribution is -2.63. The van der Waals surface area contributed by atoms with Crippen LogP contribution < -0.4 is 21.1 Å². The zero-order chi connectivity index (χ0) is 36.3. The van der Waals surface area contributed by atoms with Gasteiger partial charge in [0.05, 0.1) is 40.4 Å². The number of carboxylic acid groups (broad SMARTS) is 2. The van der Waals surface area contributed by atoms with Gasteiger partial charge in [-0.2, -0.15) is 0 Å². The Morgan fingerprint density at radius 2 is 2.08 bits per heavy atom. The van der Waals surface area contributed by atoms with Gasteiger partial charge in [-0.25, -0.2) is 13.9 Å². The Hall–Kier alpha value is -5.33. The number of halogens is 2. The van der Waals surface area contributed by atoms with Crippen molar-refractivity contribution in [3.63, 3.8) is 0 Å². The summed E-state index contributed by atoms with van der Waals surface area (Å²) >= 11 is 8.49. The van der Waals surface area contributed by atoms with Crippen molar-refractivity contribution in [1.29, 1.82) is 5.41 Å². The number of pyridine rings is 1. The number of fused-ring (bicyclic) bond motifs is 2. The van der Waals surface area contributed by atoms with Gasteiger partial charge in [0.25, 0.3) is 6.47 Å². The number of nitrogens with zero attached hydrogens (tertiary/aromatic N) is 5. The molecule has 0 radical (unpaired) electrons. The smallest absolute Gasteiger partial charge is 0.290 e. The Balaban J connectivity index is 0.00000156. The third-order valence-electron chi connectivity index (χ3n) is 7.88. The van der Waals surface area contributed by atoms with Crippen LogP contribution in [0.2, 0.25) is 4.34 Å². The number of nitrogens with one attached hydrogen (secondary N) is 1. The maximum absolute atomic E-state index is 14.7. The number of amidine groups is 1. The third-order valence-corrected chi connectivity index (χ3v) is 10.4. The molecule has 4 aromatic rings. The minimum atomic E-state index is -1.49. The number of thiazole rings is 1. The molecule has 6 rings (SSSR count). The normalized spacial score (nSPS) is 17.1. The molecule has 260 valence electrons. The number of thioether (sulfide) groups is 1. The van der Waals surface area contributed by atoms with Crippen molar-refractivity contribution >= 4 is 86.4 Å². The molecule has 19 heteroatoms. The van der Waals surface area contributed by atoms with Gasteiger partial charge in [0.2, 0.25) is 5.91 Å². The molecule has 0 spiro atoms. The number of ketones is 1. The van der Waals surface area contributed by atoms with Gasteiger partial charge in [-0.15, -0.1) is 11.8 Å². The van der Waals surface area contributed by atoms with Crippen LogP contribution in [0.25, 0.3) is 10.9 Å². The number of carbonyl (C=O) groups excluding carboxylic acids is 3. The number of aromatic nitrogens is 3. The van der Waals surface area contributed by atoms with Crippen LogP contribution in [0, 0.1) is 17.1 Å². The highest BCUT2D eigenvalue weighted by Crippen LogP contribution is 2.45. The molecular formula is C31H28ClFN8O7S2. The van der Waals surface area contributed by atoms with E-state index < -0.39 is 34.8 Å². The molecule has 6 N–H and O–H groups in total. The van der Waals surface area contributed by atoms with E-state index >= 15 is 0 Å². The third kappa shape index (κ3) is 7.17. The maximum atomic E-state index is 14.7.